The second-order valence-electron chi connectivity index (χ2n) is 11.9. The standard InChI is InChI=1S/C26H43N3O4/c30-23(33-11-8-29-6-9-32-10-7-29)18-25(4-2-1-3-5-25)19-27-24(31)28-26-15-20-12-21(16-26)14-22(13-20)17-26/h20-22H,1-19H2,(H2,27,28,31). The summed E-state index contributed by atoms with van der Waals surface area (Å²) in [6.45, 7) is 5.11. The number of morpholine rings is 1. The summed E-state index contributed by atoms with van der Waals surface area (Å²) < 4.78 is 11.0. The van der Waals surface area contributed by atoms with Crippen molar-refractivity contribution in [3.63, 3.8) is 0 Å². The molecule has 1 saturated heterocycles. The summed E-state index contributed by atoms with van der Waals surface area (Å²) >= 11 is 0. The molecular weight excluding hydrogens is 418 g/mol. The molecule has 0 unspecified atom stereocenters. The van der Waals surface area contributed by atoms with Crippen LogP contribution in [-0.4, -0.2) is 68.4 Å². The van der Waals surface area contributed by atoms with Crippen LogP contribution in [-0.2, 0) is 14.3 Å². The van der Waals surface area contributed by atoms with Gasteiger partial charge in [0.05, 0.1) is 19.6 Å². The van der Waals surface area contributed by atoms with Crippen molar-refractivity contribution in [1.29, 1.82) is 0 Å². The molecule has 33 heavy (non-hydrogen) atoms. The maximum atomic E-state index is 13.0. The molecule has 0 radical (unpaired) electrons. The maximum Gasteiger partial charge on any atom is 0.315 e. The fraction of sp³-hybridized carbons (Fsp3) is 0.923. The van der Waals surface area contributed by atoms with E-state index in [4.69, 9.17) is 9.47 Å². The van der Waals surface area contributed by atoms with Crippen molar-refractivity contribution in [1.82, 2.24) is 15.5 Å². The van der Waals surface area contributed by atoms with Crippen LogP contribution in [0.25, 0.3) is 0 Å². The van der Waals surface area contributed by atoms with Gasteiger partial charge in [-0.05, 0) is 74.5 Å². The Morgan fingerprint density at radius 1 is 0.939 bits per heavy atom. The van der Waals surface area contributed by atoms with Gasteiger partial charge in [-0.25, -0.2) is 4.79 Å². The molecule has 0 aromatic rings. The van der Waals surface area contributed by atoms with Crippen molar-refractivity contribution < 1.29 is 19.1 Å². The quantitative estimate of drug-likeness (QED) is 0.541. The van der Waals surface area contributed by atoms with Crippen LogP contribution in [0.4, 0.5) is 4.79 Å². The molecule has 6 fully saturated rings. The van der Waals surface area contributed by atoms with Gasteiger partial charge in [-0.15, -0.1) is 0 Å². The molecule has 0 aromatic carbocycles. The third kappa shape index (κ3) is 5.84. The second kappa shape index (κ2) is 10.1. The molecule has 7 nitrogen and oxygen atoms in total. The molecule has 2 amide bonds. The first-order chi connectivity index (χ1) is 16.0. The number of ether oxygens (including phenoxy) is 2. The number of hydrogen-bond donors (Lipinski definition) is 2. The van der Waals surface area contributed by atoms with Gasteiger partial charge in [0.25, 0.3) is 0 Å². The van der Waals surface area contributed by atoms with Gasteiger partial charge >= 0.3 is 12.0 Å². The smallest absolute Gasteiger partial charge is 0.315 e. The van der Waals surface area contributed by atoms with Gasteiger partial charge in [0, 0.05) is 31.7 Å². The first-order valence-electron chi connectivity index (χ1n) is 13.5. The van der Waals surface area contributed by atoms with E-state index >= 15 is 0 Å². The third-order valence-electron chi connectivity index (χ3n) is 9.25. The van der Waals surface area contributed by atoms with Gasteiger partial charge in [-0.2, -0.15) is 0 Å². The van der Waals surface area contributed by atoms with E-state index in [1.165, 1.54) is 25.7 Å². The predicted octanol–water partition coefficient (Wildman–Crippen LogP) is 3.47. The van der Waals surface area contributed by atoms with E-state index in [1.54, 1.807) is 0 Å². The third-order valence-corrected chi connectivity index (χ3v) is 9.25. The zero-order valence-corrected chi connectivity index (χ0v) is 20.2. The number of carbonyl (C=O) groups is 2. The molecular formula is C26H43N3O4. The van der Waals surface area contributed by atoms with E-state index < -0.39 is 0 Å². The maximum absolute atomic E-state index is 13.0. The van der Waals surface area contributed by atoms with Crippen LogP contribution < -0.4 is 10.6 Å². The Labute approximate surface area is 198 Å². The van der Waals surface area contributed by atoms with E-state index in [0.717, 1.165) is 95.5 Å². The Morgan fingerprint density at radius 2 is 1.58 bits per heavy atom. The molecule has 7 heteroatoms. The van der Waals surface area contributed by atoms with Crippen LogP contribution >= 0.6 is 0 Å². The Kier molecular flexibility index (Phi) is 7.17. The normalized spacial score (nSPS) is 35.2. The summed E-state index contributed by atoms with van der Waals surface area (Å²) in [4.78, 5) is 28.0. The second-order valence-corrected chi connectivity index (χ2v) is 11.9. The molecule has 4 bridgehead atoms. The van der Waals surface area contributed by atoms with Crippen LogP contribution in [0.1, 0.15) is 77.0 Å². The molecule has 6 aliphatic rings. The monoisotopic (exact) mass is 461 g/mol. The van der Waals surface area contributed by atoms with Gasteiger partial charge in [0.1, 0.15) is 6.61 Å². The van der Waals surface area contributed by atoms with E-state index in [-0.39, 0.29) is 23.0 Å². The van der Waals surface area contributed by atoms with Crippen molar-refractivity contribution in [2.75, 3.05) is 46.0 Å². The van der Waals surface area contributed by atoms with Gasteiger partial charge in [0.15, 0.2) is 0 Å². The van der Waals surface area contributed by atoms with Crippen molar-refractivity contribution in [3.05, 3.63) is 0 Å². The Hall–Kier alpha value is -1.34. The molecule has 6 rings (SSSR count). The molecule has 0 aromatic heterocycles. The van der Waals surface area contributed by atoms with Crippen LogP contribution in [0.15, 0.2) is 0 Å². The van der Waals surface area contributed by atoms with Gasteiger partial charge in [-0.3, -0.25) is 9.69 Å². The fourth-order valence-corrected chi connectivity index (χ4v) is 8.00. The minimum Gasteiger partial charge on any atom is -0.464 e. The minimum atomic E-state index is -0.160. The van der Waals surface area contributed by atoms with Crippen molar-refractivity contribution >= 4 is 12.0 Å². The summed E-state index contributed by atoms with van der Waals surface area (Å²) in [7, 11) is 0. The lowest BCUT2D eigenvalue weighted by Gasteiger charge is -2.56. The number of urea groups is 1. The first kappa shape index (κ1) is 23.4. The van der Waals surface area contributed by atoms with Crippen molar-refractivity contribution in [2.24, 2.45) is 23.2 Å². The topological polar surface area (TPSA) is 79.9 Å². The predicted molar refractivity (Wildman–Crippen MR) is 126 cm³/mol. The van der Waals surface area contributed by atoms with E-state index in [2.05, 4.69) is 15.5 Å². The number of rotatable bonds is 8. The molecule has 5 aliphatic carbocycles. The number of amides is 2. The molecule has 1 heterocycles. The molecule has 5 saturated carbocycles. The van der Waals surface area contributed by atoms with Crippen molar-refractivity contribution in [3.8, 4) is 0 Å². The summed E-state index contributed by atoms with van der Waals surface area (Å²) in [6.07, 6.45) is 13.5. The summed E-state index contributed by atoms with van der Waals surface area (Å²) in [5.41, 5.74) is -0.135. The lowest BCUT2D eigenvalue weighted by atomic mass is 9.53. The Bertz CT molecular complexity index is 664. The minimum absolute atomic E-state index is 0.0248. The summed E-state index contributed by atoms with van der Waals surface area (Å²) in [5, 5.41) is 6.62. The number of nitrogens with zero attached hydrogens (tertiary/aromatic N) is 1. The average Bonchev–Trinajstić information content (AvgIpc) is 2.78. The largest absolute Gasteiger partial charge is 0.464 e. The Morgan fingerprint density at radius 3 is 2.21 bits per heavy atom. The van der Waals surface area contributed by atoms with Gasteiger partial charge < -0.3 is 20.1 Å². The highest BCUT2D eigenvalue weighted by Gasteiger charge is 2.51. The van der Waals surface area contributed by atoms with Gasteiger partial charge in [-0.1, -0.05) is 19.3 Å². The van der Waals surface area contributed by atoms with Gasteiger partial charge in [0.2, 0.25) is 0 Å². The molecule has 2 N–H and O–H groups in total. The summed E-state index contributed by atoms with van der Waals surface area (Å²) in [5.74, 6) is 2.32. The van der Waals surface area contributed by atoms with Crippen molar-refractivity contribution in [2.45, 2.75) is 82.6 Å². The number of carbonyl (C=O) groups excluding carboxylic acids is 2. The van der Waals surface area contributed by atoms with Crippen LogP contribution in [0.3, 0.4) is 0 Å². The number of esters is 1. The highest BCUT2D eigenvalue weighted by molar-refractivity contribution is 5.75. The SMILES string of the molecule is O=C(NCC1(CC(=O)OCCN2CCOCC2)CCCCC1)NC12CC3CC(CC(C3)C1)C2. The highest BCUT2D eigenvalue weighted by Crippen LogP contribution is 2.55. The Balaban J connectivity index is 1.10. The van der Waals surface area contributed by atoms with Crippen LogP contribution in [0.5, 0.6) is 0 Å². The van der Waals surface area contributed by atoms with Crippen LogP contribution in [0.2, 0.25) is 0 Å². The number of nitrogens with one attached hydrogen (secondary N) is 2. The summed E-state index contributed by atoms with van der Waals surface area (Å²) in [6, 6.07) is -0.0254. The zero-order chi connectivity index (χ0) is 22.7. The molecule has 186 valence electrons. The van der Waals surface area contributed by atoms with E-state index in [9.17, 15) is 9.59 Å². The lowest BCUT2D eigenvalue weighted by Crippen LogP contribution is -2.62. The zero-order valence-electron chi connectivity index (χ0n) is 20.2. The lowest BCUT2D eigenvalue weighted by molar-refractivity contribution is -0.147. The molecule has 0 atom stereocenters. The number of hydrogen-bond acceptors (Lipinski definition) is 5. The van der Waals surface area contributed by atoms with E-state index in [0.29, 0.717) is 19.6 Å². The highest BCUT2D eigenvalue weighted by atomic mass is 16.5. The average molecular weight is 462 g/mol. The fourth-order valence-electron chi connectivity index (χ4n) is 8.00. The first-order valence-corrected chi connectivity index (χ1v) is 13.5. The van der Waals surface area contributed by atoms with Crippen LogP contribution in [0, 0.1) is 23.2 Å². The molecule has 0 spiro atoms. The van der Waals surface area contributed by atoms with E-state index in [1.807, 2.05) is 0 Å². The molecule has 1 aliphatic heterocycles.